The van der Waals surface area contributed by atoms with E-state index in [9.17, 15) is 23.5 Å². The van der Waals surface area contributed by atoms with Crippen molar-refractivity contribution in [1.29, 1.82) is 0 Å². The molecule has 0 spiro atoms. The first kappa shape index (κ1) is 40.8. The first-order valence-corrected chi connectivity index (χ1v) is 17.0. The van der Waals surface area contributed by atoms with Crippen LogP contribution in [0.4, 0.5) is 8.78 Å². The van der Waals surface area contributed by atoms with E-state index in [0.29, 0.717) is 29.8 Å². The van der Waals surface area contributed by atoms with Crippen LogP contribution in [0.3, 0.4) is 0 Å². The van der Waals surface area contributed by atoms with E-state index < -0.39 is 29.7 Å². The zero-order valence-electron chi connectivity index (χ0n) is 29.7. The molecule has 3 rings (SSSR count). The summed E-state index contributed by atoms with van der Waals surface area (Å²) in [6.07, 6.45) is 5.52. The Balaban J connectivity index is 0.00000409. The lowest BCUT2D eigenvalue weighted by Gasteiger charge is -2.29. The lowest BCUT2D eigenvalue weighted by Crippen LogP contribution is -2.46. The number of methoxy groups -OCH3 is 1. The molecule has 2 atom stereocenters. The van der Waals surface area contributed by atoms with Crippen molar-refractivity contribution in [3.8, 4) is 0 Å². The zero-order chi connectivity index (χ0) is 36.3. The topological polar surface area (TPSA) is 108 Å². The number of ether oxygens (including phenoxy) is 1. The van der Waals surface area contributed by atoms with E-state index in [4.69, 9.17) is 10.5 Å². The number of hydrogen-bond acceptors (Lipinski definition) is 6. The molecule has 49 heavy (non-hydrogen) atoms. The van der Waals surface area contributed by atoms with Crippen LogP contribution in [0.5, 0.6) is 0 Å². The van der Waals surface area contributed by atoms with Crippen LogP contribution in [0.25, 0.3) is 0 Å². The minimum Gasteiger partial charge on any atom is -0.503 e. The Labute approximate surface area is 290 Å². The maximum absolute atomic E-state index is 14.3. The monoisotopic (exact) mass is 678 g/mol. The largest absolute Gasteiger partial charge is 0.503 e. The molecular formula is C39H52F2N4O4. The molecule has 3 N–H and O–H groups in total. The van der Waals surface area contributed by atoms with Crippen LogP contribution in [0.1, 0.15) is 90.4 Å². The third kappa shape index (κ3) is 13.2. The van der Waals surface area contributed by atoms with Crippen LogP contribution >= 0.6 is 0 Å². The quantitative estimate of drug-likeness (QED) is 0.119. The molecular weight excluding hydrogens is 626 g/mol. The van der Waals surface area contributed by atoms with E-state index in [0.717, 1.165) is 36.5 Å². The van der Waals surface area contributed by atoms with Gasteiger partial charge in [0.2, 0.25) is 0 Å². The second kappa shape index (κ2) is 21.5. The fourth-order valence-electron chi connectivity index (χ4n) is 5.30. The Morgan fingerprint density at radius 3 is 2.04 bits per heavy atom. The van der Waals surface area contributed by atoms with Crippen LogP contribution in [-0.2, 0) is 24.1 Å². The van der Waals surface area contributed by atoms with Crippen LogP contribution in [0, 0.1) is 11.6 Å². The number of amides is 2. The maximum atomic E-state index is 14.3. The van der Waals surface area contributed by atoms with Gasteiger partial charge in [0, 0.05) is 55.6 Å². The normalized spacial score (nSPS) is 12.4. The third-order valence-electron chi connectivity index (χ3n) is 7.59. The van der Waals surface area contributed by atoms with Gasteiger partial charge in [0.25, 0.3) is 11.8 Å². The van der Waals surface area contributed by atoms with Gasteiger partial charge in [-0.3, -0.25) is 14.6 Å². The van der Waals surface area contributed by atoms with Gasteiger partial charge < -0.3 is 25.4 Å². The molecule has 0 aliphatic carbocycles. The van der Waals surface area contributed by atoms with Gasteiger partial charge in [-0.15, -0.1) is 0 Å². The molecule has 3 aromatic carbocycles. The summed E-state index contributed by atoms with van der Waals surface area (Å²) in [7, 11) is 1.50. The molecule has 0 aliphatic heterocycles. The molecule has 0 saturated carbocycles. The lowest BCUT2D eigenvalue weighted by atomic mass is 10.00. The van der Waals surface area contributed by atoms with Gasteiger partial charge in [0.1, 0.15) is 17.9 Å². The molecule has 0 heterocycles. The summed E-state index contributed by atoms with van der Waals surface area (Å²) in [5, 5.41) is 11.2. The zero-order valence-corrected chi connectivity index (χ0v) is 29.7. The number of nitrogens with zero attached hydrogens (tertiary/aromatic N) is 3. The van der Waals surface area contributed by atoms with E-state index in [1.54, 1.807) is 23.1 Å². The molecule has 3 aromatic rings. The number of aliphatic hydroxyl groups is 1. The first-order valence-electron chi connectivity index (χ1n) is 17.0. The van der Waals surface area contributed by atoms with Crippen molar-refractivity contribution < 1.29 is 28.2 Å². The summed E-state index contributed by atoms with van der Waals surface area (Å²) in [6, 6.07) is 14.9. The number of hydrogen-bond donors (Lipinski definition) is 2. The number of rotatable bonds is 17. The van der Waals surface area contributed by atoms with Gasteiger partial charge >= 0.3 is 0 Å². The SMILES string of the molecule is CC.CCCN(CCC)C(=O)c1cc(C=N/C=C\OC)cc(C(=O)N(Cc2cccc(CC)c2)CC(O)C(N)Cc2cc(F)cc(F)c2)c1. The van der Waals surface area contributed by atoms with Gasteiger partial charge in [0.15, 0.2) is 0 Å². The van der Waals surface area contributed by atoms with Crippen molar-refractivity contribution in [2.75, 3.05) is 26.7 Å². The number of aliphatic imine (C=N–C) groups is 1. The molecule has 8 nitrogen and oxygen atoms in total. The molecule has 10 heteroatoms. The molecule has 0 aliphatic rings. The lowest BCUT2D eigenvalue weighted by molar-refractivity contribution is 0.0554. The van der Waals surface area contributed by atoms with E-state index in [1.807, 2.05) is 58.9 Å². The second-order valence-electron chi connectivity index (χ2n) is 11.5. The standard InChI is InChI=1S/C37H46F2N4O4.C2H6/c1-5-12-42(13-6-2)36(45)30-16-29(23-41-11-14-47-4)17-31(21-30)37(46)43(24-27-10-8-9-26(7-3)15-27)25-35(44)34(40)20-28-18-32(38)22-33(39)19-28;1-2/h8-11,14-19,21-23,34-35,44H,5-7,12-13,20,24-25,40H2,1-4H3;1-2H3/b14-11-,41-23?;. The van der Waals surface area contributed by atoms with Crippen molar-refractivity contribution in [3.63, 3.8) is 0 Å². The summed E-state index contributed by atoms with van der Waals surface area (Å²) < 4.78 is 32.5. The number of benzene rings is 3. The van der Waals surface area contributed by atoms with Crippen LogP contribution in [0.15, 0.2) is 78.1 Å². The Morgan fingerprint density at radius 1 is 0.878 bits per heavy atom. The highest BCUT2D eigenvalue weighted by Crippen LogP contribution is 2.19. The minimum atomic E-state index is -1.23. The van der Waals surface area contributed by atoms with Gasteiger partial charge in [0.05, 0.1) is 19.4 Å². The highest BCUT2D eigenvalue weighted by Gasteiger charge is 2.26. The van der Waals surface area contributed by atoms with Gasteiger partial charge in [-0.05, 0) is 78.3 Å². The highest BCUT2D eigenvalue weighted by atomic mass is 19.1. The van der Waals surface area contributed by atoms with Crippen molar-refractivity contribution in [2.24, 2.45) is 10.7 Å². The number of halogens is 2. The van der Waals surface area contributed by atoms with E-state index in [1.165, 1.54) is 42.8 Å². The van der Waals surface area contributed by atoms with E-state index in [-0.39, 0.29) is 31.0 Å². The van der Waals surface area contributed by atoms with Crippen molar-refractivity contribution in [1.82, 2.24) is 9.80 Å². The third-order valence-corrected chi connectivity index (χ3v) is 7.59. The van der Waals surface area contributed by atoms with Crippen LogP contribution in [0.2, 0.25) is 0 Å². The van der Waals surface area contributed by atoms with Crippen molar-refractivity contribution in [2.45, 2.75) is 79.0 Å². The average Bonchev–Trinajstić information content (AvgIpc) is 3.09. The Kier molecular flexibility index (Phi) is 17.9. The number of carbonyl (C=O) groups excluding carboxylic acids is 2. The number of aryl methyl sites for hydroxylation is 1. The van der Waals surface area contributed by atoms with Crippen molar-refractivity contribution in [3.05, 3.63) is 118 Å². The van der Waals surface area contributed by atoms with E-state index >= 15 is 0 Å². The minimum absolute atomic E-state index is 0.00647. The van der Waals surface area contributed by atoms with Crippen molar-refractivity contribution >= 4 is 18.0 Å². The molecule has 0 radical (unpaired) electrons. The number of aliphatic hydroxyl groups excluding tert-OH is 1. The predicted molar refractivity (Wildman–Crippen MR) is 193 cm³/mol. The Bertz CT molecular complexity index is 1520. The molecule has 2 amide bonds. The fraction of sp³-hybridized carbons (Fsp3) is 0.410. The maximum Gasteiger partial charge on any atom is 0.254 e. The van der Waals surface area contributed by atoms with Gasteiger partial charge in [-0.25, -0.2) is 8.78 Å². The predicted octanol–water partition coefficient (Wildman–Crippen LogP) is 6.93. The number of carbonyl (C=O) groups is 2. The van der Waals surface area contributed by atoms with Crippen LogP contribution < -0.4 is 5.73 Å². The molecule has 0 bridgehead atoms. The fourth-order valence-corrected chi connectivity index (χ4v) is 5.30. The Hall–Kier alpha value is -4.41. The second-order valence-corrected chi connectivity index (χ2v) is 11.5. The number of nitrogens with two attached hydrogens (primary N) is 1. The van der Waals surface area contributed by atoms with Gasteiger partial charge in [-0.1, -0.05) is 58.9 Å². The highest BCUT2D eigenvalue weighted by molar-refractivity contribution is 6.02. The summed E-state index contributed by atoms with van der Waals surface area (Å²) >= 11 is 0. The molecule has 0 aromatic heterocycles. The summed E-state index contributed by atoms with van der Waals surface area (Å²) in [6.45, 7) is 11.2. The van der Waals surface area contributed by atoms with Gasteiger partial charge in [-0.2, -0.15) is 0 Å². The average molecular weight is 679 g/mol. The molecule has 0 fully saturated rings. The van der Waals surface area contributed by atoms with Crippen LogP contribution in [-0.4, -0.2) is 71.8 Å². The first-order chi connectivity index (χ1) is 23.6. The van der Waals surface area contributed by atoms with E-state index in [2.05, 4.69) is 4.99 Å². The summed E-state index contributed by atoms with van der Waals surface area (Å²) in [4.78, 5) is 35.4. The Morgan fingerprint density at radius 2 is 1.47 bits per heavy atom. The molecule has 2 unspecified atom stereocenters. The smallest absolute Gasteiger partial charge is 0.254 e. The summed E-state index contributed by atoms with van der Waals surface area (Å²) in [5.74, 6) is -2.10. The summed E-state index contributed by atoms with van der Waals surface area (Å²) in [5.41, 5.74) is 9.66. The molecule has 0 saturated heterocycles. The molecule has 266 valence electrons.